The predicted molar refractivity (Wildman–Crippen MR) is 98.3 cm³/mol. The lowest BCUT2D eigenvalue weighted by Crippen LogP contribution is -2.30. The van der Waals surface area contributed by atoms with Crippen LogP contribution in [-0.2, 0) is 0 Å². The van der Waals surface area contributed by atoms with E-state index in [9.17, 15) is 4.79 Å². The van der Waals surface area contributed by atoms with Gasteiger partial charge in [0.2, 0.25) is 5.12 Å². The van der Waals surface area contributed by atoms with E-state index in [4.69, 9.17) is 10.5 Å². The van der Waals surface area contributed by atoms with Crippen molar-refractivity contribution in [1.29, 1.82) is 0 Å². The number of hydrogen-bond acceptors (Lipinski definition) is 5. The van der Waals surface area contributed by atoms with Gasteiger partial charge in [0.1, 0.15) is 5.75 Å². The van der Waals surface area contributed by atoms with Crippen LogP contribution in [0.2, 0.25) is 0 Å². The summed E-state index contributed by atoms with van der Waals surface area (Å²) in [7, 11) is 0. The number of thioether (sulfide) groups is 1. The second-order valence-corrected chi connectivity index (χ2v) is 7.06. The zero-order chi connectivity index (χ0) is 16.5. The highest BCUT2D eigenvalue weighted by atomic mass is 32.2. The van der Waals surface area contributed by atoms with Gasteiger partial charge in [-0.2, -0.15) is 0 Å². The van der Waals surface area contributed by atoms with Crippen LogP contribution >= 0.6 is 11.8 Å². The quantitative estimate of drug-likeness (QED) is 0.578. The van der Waals surface area contributed by atoms with Crippen molar-refractivity contribution in [2.45, 2.75) is 39.0 Å². The van der Waals surface area contributed by atoms with Crippen molar-refractivity contribution in [3.05, 3.63) is 23.8 Å². The third kappa shape index (κ3) is 6.07. The minimum Gasteiger partial charge on any atom is -0.493 e. The van der Waals surface area contributed by atoms with Gasteiger partial charge in [-0.05, 0) is 57.5 Å². The highest BCUT2D eigenvalue weighted by Crippen LogP contribution is 2.26. The van der Waals surface area contributed by atoms with Crippen molar-refractivity contribution < 1.29 is 9.53 Å². The van der Waals surface area contributed by atoms with Gasteiger partial charge in [-0.15, -0.1) is 0 Å². The molecule has 0 unspecified atom stereocenters. The Balaban J connectivity index is 1.80. The summed E-state index contributed by atoms with van der Waals surface area (Å²) in [5.74, 6) is 1.47. The molecule has 1 saturated heterocycles. The number of rotatable bonds is 8. The Kier molecular flexibility index (Phi) is 7.76. The Morgan fingerprint density at radius 2 is 2.09 bits per heavy atom. The molecule has 1 aromatic rings. The molecule has 0 radical (unpaired) electrons. The van der Waals surface area contributed by atoms with Crippen molar-refractivity contribution in [2.24, 2.45) is 0 Å². The van der Waals surface area contributed by atoms with Gasteiger partial charge in [0.05, 0.1) is 12.2 Å². The van der Waals surface area contributed by atoms with Crippen LogP contribution in [0.25, 0.3) is 0 Å². The molecule has 0 bridgehead atoms. The Labute approximate surface area is 143 Å². The van der Waals surface area contributed by atoms with Crippen LogP contribution in [0.5, 0.6) is 5.75 Å². The maximum atomic E-state index is 12.4. The van der Waals surface area contributed by atoms with E-state index in [-0.39, 0.29) is 5.12 Å². The van der Waals surface area contributed by atoms with Gasteiger partial charge in [0.15, 0.2) is 0 Å². The van der Waals surface area contributed by atoms with E-state index in [1.165, 1.54) is 44.1 Å². The number of benzene rings is 1. The normalized spacial score (nSPS) is 15.5. The molecular weight excluding hydrogens is 308 g/mol. The molecule has 0 aliphatic carbocycles. The van der Waals surface area contributed by atoms with Gasteiger partial charge in [-0.3, -0.25) is 4.79 Å². The van der Waals surface area contributed by atoms with Crippen molar-refractivity contribution in [3.8, 4) is 5.75 Å². The van der Waals surface area contributed by atoms with Crippen LogP contribution in [0, 0.1) is 0 Å². The molecule has 4 nitrogen and oxygen atoms in total. The van der Waals surface area contributed by atoms with E-state index >= 15 is 0 Å². The first-order valence-corrected chi connectivity index (χ1v) is 9.61. The third-order valence-electron chi connectivity index (χ3n) is 3.99. The number of carbonyl (C=O) groups excluding carboxylic acids is 1. The Morgan fingerprint density at radius 3 is 2.83 bits per heavy atom. The number of nitrogens with two attached hydrogens (primary N) is 1. The summed E-state index contributed by atoms with van der Waals surface area (Å²) in [6.45, 7) is 6.17. The van der Waals surface area contributed by atoms with Crippen LogP contribution in [0.4, 0.5) is 5.69 Å². The number of ether oxygens (including phenoxy) is 1. The third-order valence-corrected chi connectivity index (χ3v) is 4.96. The van der Waals surface area contributed by atoms with Crippen LogP contribution in [0.1, 0.15) is 49.4 Å². The van der Waals surface area contributed by atoms with Gasteiger partial charge >= 0.3 is 0 Å². The molecule has 0 aromatic heterocycles. The van der Waals surface area contributed by atoms with E-state index < -0.39 is 0 Å². The van der Waals surface area contributed by atoms with E-state index in [1.807, 2.05) is 6.92 Å². The Morgan fingerprint density at radius 1 is 1.30 bits per heavy atom. The fourth-order valence-electron chi connectivity index (χ4n) is 2.75. The summed E-state index contributed by atoms with van der Waals surface area (Å²) in [6, 6.07) is 5.29. The van der Waals surface area contributed by atoms with Crippen LogP contribution < -0.4 is 10.5 Å². The van der Waals surface area contributed by atoms with Crippen molar-refractivity contribution >= 4 is 22.6 Å². The van der Waals surface area contributed by atoms with E-state index in [1.54, 1.807) is 18.2 Å². The zero-order valence-electron chi connectivity index (χ0n) is 14.1. The summed E-state index contributed by atoms with van der Waals surface area (Å²) in [4.78, 5) is 14.9. The smallest absolute Gasteiger partial charge is 0.223 e. The molecule has 0 saturated carbocycles. The SMILES string of the molecule is CCCOc1cc(N)ccc1C(=O)SCCCN1CCCCC1. The highest BCUT2D eigenvalue weighted by Gasteiger charge is 2.14. The van der Waals surface area contributed by atoms with Gasteiger partial charge in [-0.1, -0.05) is 25.1 Å². The first-order valence-electron chi connectivity index (χ1n) is 8.62. The lowest BCUT2D eigenvalue weighted by molar-refractivity contribution is 0.108. The second-order valence-electron chi connectivity index (χ2n) is 6.00. The van der Waals surface area contributed by atoms with Crippen LogP contribution in [-0.4, -0.2) is 42.0 Å². The number of piperidine rings is 1. The summed E-state index contributed by atoms with van der Waals surface area (Å²) in [5.41, 5.74) is 7.06. The van der Waals surface area contributed by atoms with E-state index in [0.29, 0.717) is 23.6 Å². The topological polar surface area (TPSA) is 55.6 Å². The first kappa shape index (κ1) is 18.1. The van der Waals surface area contributed by atoms with Crippen LogP contribution in [0.15, 0.2) is 18.2 Å². The molecular formula is C18H28N2O2S. The average Bonchev–Trinajstić information content (AvgIpc) is 2.57. The van der Waals surface area contributed by atoms with Crippen molar-refractivity contribution in [1.82, 2.24) is 4.90 Å². The lowest BCUT2D eigenvalue weighted by atomic mass is 10.1. The van der Waals surface area contributed by atoms with Crippen molar-refractivity contribution in [3.63, 3.8) is 0 Å². The monoisotopic (exact) mass is 336 g/mol. The lowest BCUT2D eigenvalue weighted by Gasteiger charge is -2.26. The zero-order valence-corrected chi connectivity index (χ0v) is 14.9. The fourth-order valence-corrected chi connectivity index (χ4v) is 3.54. The minimum atomic E-state index is 0.0785. The van der Waals surface area contributed by atoms with E-state index in [2.05, 4.69) is 4.90 Å². The molecule has 5 heteroatoms. The van der Waals surface area contributed by atoms with E-state index in [0.717, 1.165) is 25.1 Å². The number of nitrogens with zero attached hydrogens (tertiary/aromatic N) is 1. The molecule has 0 spiro atoms. The first-order chi connectivity index (χ1) is 11.2. The minimum absolute atomic E-state index is 0.0785. The molecule has 0 amide bonds. The van der Waals surface area contributed by atoms with Gasteiger partial charge in [0.25, 0.3) is 0 Å². The number of carbonyl (C=O) groups is 1. The number of nitrogen functional groups attached to an aromatic ring is 1. The van der Waals surface area contributed by atoms with Gasteiger partial charge in [-0.25, -0.2) is 0 Å². The molecule has 1 heterocycles. The molecule has 1 aromatic carbocycles. The number of likely N-dealkylation sites (tertiary alicyclic amines) is 1. The van der Waals surface area contributed by atoms with Crippen LogP contribution in [0.3, 0.4) is 0 Å². The molecule has 1 fully saturated rings. The molecule has 128 valence electrons. The predicted octanol–water partition coefficient (Wildman–Crippen LogP) is 3.81. The molecule has 0 atom stereocenters. The average molecular weight is 337 g/mol. The molecule has 2 N–H and O–H groups in total. The van der Waals surface area contributed by atoms with Gasteiger partial charge in [0, 0.05) is 17.5 Å². The molecule has 2 rings (SSSR count). The molecule has 23 heavy (non-hydrogen) atoms. The Bertz CT molecular complexity index is 502. The highest BCUT2D eigenvalue weighted by molar-refractivity contribution is 8.14. The molecule has 1 aliphatic heterocycles. The number of hydrogen-bond donors (Lipinski definition) is 1. The number of anilines is 1. The second kappa shape index (κ2) is 9.83. The maximum Gasteiger partial charge on any atom is 0.223 e. The standard InChI is InChI=1S/C18H28N2O2S/c1-2-12-22-17-14-15(19)7-8-16(17)18(21)23-13-6-11-20-9-4-3-5-10-20/h7-8,14H,2-6,9-13,19H2,1H3. The summed E-state index contributed by atoms with van der Waals surface area (Å²) < 4.78 is 5.67. The summed E-state index contributed by atoms with van der Waals surface area (Å²) >= 11 is 1.39. The van der Waals surface area contributed by atoms with Crippen molar-refractivity contribution in [2.75, 3.05) is 37.7 Å². The van der Waals surface area contributed by atoms with Gasteiger partial charge < -0.3 is 15.4 Å². The Hall–Kier alpha value is -1.20. The summed E-state index contributed by atoms with van der Waals surface area (Å²) in [5, 5.41) is 0.0785. The largest absolute Gasteiger partial charge is 0.493 e. The molecule has 1 aliphatic rings. The fraction of sp³-hybridized carbons (Fsp3) is 0.611. The maximum absolute atomic E-state index is 12.4. The summed E-state index contributed by atoms with van der Waals surface area (Å²) in [6.07, 6.45) is 5.95.